The molecule has 1 fully saturated rings. The fraction of sp³-hybridized carbons (Fsp3) is 1.00. The Morgan fingerprint density at radius 2 is 1.38 bits per heavy atom. The molecular formula is C8H16ClNO2S. The molecule has 0 aromatic heterocycles. The van der Waals surface area contributed by atoms with Crippen LogP contribution >= 0.6 is 11.8 Å². The minimum atomic E-state index is -2.96. The van der Waals surface area contributed by atoms with Crippen LogP contribution in [0.2, 0.25) is 0 Å². The van der Waals surface area contributed by atoms with E-state index < -0.39 is 20.9 Å². The Morgan fingerprint density at radius 1 is 1.08 bits per heavy atom. The molecule has 1 heterocycles. The van der Waals surface area contributed by atoms with Crippen LogP contribution in [-0.4, -0.2) is 35.4 Å². The van der Waals surface area contributed by atoms with Gasteiger partial charge in [0.25, 0.3) is 0 Å². The van der Waals surface area contributed by atoms with Crippen LogP contribution in [0.25, 0.3) is 0 Å². The van der Waals surface area contributed by atoms with E-state index in [2.05, 4.69) is 0 Å². The molecule has 0 saturated carbocycles. The first-order chi connectivity index (χ1) is 5.57. The number of sulfone groups is 1. The highest BCUT2D eigenvalue weighted by atomic mass is 35.5. The zero-order chi connectivity index (χ0) is 10.5. The van der Waals surface area contributed by atoms with Crippen molar-refractivity contribution in [3.8, 4) is 0 Å². The molecule has 0 bridgehead atoms. The maximum Gasteiger partial charge on any atom is 0.153 e. The van der Waals surface area contributed by atoms with E-state index in [4.69, 9.17) is 11.8 Å². The van der Waals surface area contributed by atoms with Gasteiger partial charge in [-0.2, -0.15) is 0 Å². The predicted molar refractivity (Wildman–Crippen MR) is 54.5 cm³/mol. The smallest absolute Gasteiger partial charge is 0.153 e. The number of halogens is 1. The third kappa shape index (κ3) is 2.17. The van der Waals surface area contributed by atoms with Gasteiger partial charge in [-0.1, -0.05) is 0 Å². The highest BCUT2D eigenvalue weighted by Gasteiger charge is 2.47. The van der Waals surface area contributed by atoms with Gasteiger partial charge in [0.05, 0.1) is 11.5 Å². The van der Waals surface area contributed by atoms with E-state index in [1.165, 1.54) is 0 Å². The number of hydrogen-bond donors (Lipinski definition) is 0. The van der Waals surface area contributed by atoms with Gasteiger partial charge in [0.15, 0.2) is 9.84 Å². The van der Waals surface area contributed by atoms with E-state index in [9.17, 15) is 8.42 Å². The Hall–Kier alpha value is 0.200. The van der Waals surface area contributed by atoms with E-state index >= 15 is 0 Å². The van der Waals surface area contributed by atoms with Crippen molar-refractivity contribution in [3.63, 3.8) is 0 Å². The van der Waals surface area contributed by atoms with E-state index in [1.54, 1.807) is 4.42 Å². The molecule has 0 N–H and O–H groups in total. The third-order valence-corrected chi connectivity index (χ3v) is 5.42. The van der Waals surface area contributed by atoms with Gasteiger partial charge in [0.2, 0.25) is 0 Å². The summed E-state index contributed by atoms with van der Waals surface area (Å²) in [5.74, 6) is 0.264. The fourth-order valence-electron chi connectivity index (χ4n) is 2.06. The quantitative estimate of drug-likeness (QED) is 0.586. The summed E-state index contributed by atoms with van der Waals surface area (Å²) in [4.78, 5) is 0. The second-order valence-electron chi connectivity index (χ2n) is 4.94. The maximum atomic E-state index is 11.5. The molecule has 13 heavy (non-hydrogen) atoms. The fourth-order valence-corrected chi connectivity index (χ4v) is 4.83. The lowest BCUT2D eigenvalue weighted by Crippen LogP contribution is -2.61. The van der Waals surface area contributed by atoms with Gasteiger partial charge in [0.1, 0.15) is 0 Å². The molecule has 0 atom stereocenters. The lowest BCUT2D eigenvalue weighted by atomic mass is 10.00. The number of nitrogens with zero attached hydrogens (tertiary/aromatic N) is 1. The molecule has 1 aliphatic rings. The molecule has 0 unspecified atom stereocenters. The average molecular weight is 226 g/mol. The van der Waals surface area contributed by atoms with Gasteiger partial charge in [-0.05, 0) is 39.5 Å². The Morgan fingerprint density at radius 3 is 1.69 bits per heavy atom. The topological polar surface area (TPSA) is 37.4 Å². The first kappa shape index (κ1) is 11.3. The van der Waals surface area contributed by atoms with Crippen LogP contribution in [0.1, 0.15) is 27.7 Å². The zero-order valence-corrected chi connectivity index (χ0v) is 10.0. The molecule has 3 nitrogen and oxygen atoms in total. The SMILES string of the molecule is CC1(C)CS(=O)(=O)CC(C)(C)N1Cl. The highest BCUT2D eigenvalue weighted by Crippen LogP contribution is 2.35. The van der Waals surface area contributed by atoms with Gasteiger partial charge in [-0.25, -0.2) is 12.8 Å². The highest BCUT2D eigenvalue weighted by molar-refractivity contribution is 7.91. The summed E-state index contributed by atoms with van der Waals surface area (Å²) in [5, 5.41) is 0. The summed E-state index contributed by atoms with van der Waals surface area (Å²) in [5.41, 5.74) is -0.968. The summed E-state index contributed by atoms with van der Waals surface area (Å²) >= 11 is 6.10. The van der Waals surface area contributed by atoms with Crippen molar-refractivity contribution in [1.29, 1.82) is 0 Å². The van der Waals surface area contributed by atoms with E-state index in [0.717, 1.165) is 0 Å². The van der Waals surface area contributed by atoms with Crippen LogP contribution in [0.4, 0.5) is 0 Å². The maximum absolute atomic E-state index is 11.5. The van der Waals surface area contributed by atoms with Gasteiger partial charge in [-0.3, -0.25) is 0 Å². The third-order valence-electron chi connectivity index (χ3n) is 2.21. The molecule has 1 rings (SSSR count). The number of rotatable bonds is 0. The number of hydrogen-bond acceptors (Lipinski definition) is 3. The Kier molecular flexibility index (Phi) is 2.47. The van der Waals surface area contributed by atoms with Crippen molar-refractivity contribution >= 4 is 21.6 Å². The molecule has 0 aliphatic carbocycles. The zero-order valence-electron chi connectivity index (χ0n) is 8.46. The first-order valence-electron chi connectivity index (χ1n) is 4.23. The summed E-state index contributed by atoms with van der Waals surface area (Å²) in [6, 6.07) is 0. The second-order valence-corrected chi connectivity index (χ2v) is 7.34. The molecule has 0 aromatic rings. The van der Waals surface area contributed by atoms with E-state index in [1.807, 2.05) is 27.7 Å². The second kappa shape index (κ2) is 2.84. The molecule has 78 valence electrons. The van der Waals surface area contributed by atoms with Crippen LogP contribution < -0.4 is 0 Å². The summed E-state index contributed by atoms with van der Waals surface area (Å²) in [7, 11) is -2.96. The Labute approximate surface area is 85.1 Å². The summed E-state index contributed by atoms with van der Waals surface area (Å²) in [6.45, 7) is 7.38. The Balaban J connectivity index is 3.10. The van der Waals surface area contributed by atoms with Gasteiger partial charge in [0, 0.05) is 11.1 Å². The molecule has 0 spiro atoms. The molecule has 0 amide bonds. The monoisotopic (exact) mass is 225 g/mol. The normalized spacial score (nSPS) is 31.5. The molecule has 0 aromatic carbocycles. The van der Waals surface area contributed by atoms with Crippen molar-refractivity contribution in [2.45, 2.75) is 38.8 Å². The average Bonchev–Trinajstić information content (AvgIpc) is 1.77. The molecule has 0 radical (unpaired) electrons. The summed E-state index contributed by atoms with van der Waals surface area (Å²) < 4.78 is 24.7. The van der Waals surface area contributed by atoms with Crippen LogP contribution in [0.15, 0.2) is 0 Å². The molecule has 1 aliphatic heterocycles. The lowest BCUT2D eigenvalue weighted by molar-refractivity contribution is 0.138. The van der Waals surface area contributed by atoms with Gasteiger partial charge in [-0.15, -0.1) is 0 Å². The van der Waals surface area contributed by atoms with Crippen molar-refractivity contribution < 1.29 is 8.42 Å². The van der Waals surface area contributed by atoms with Crippen molar-refractivity contribution in [2.75, 3.05) is 11.5 Å². The minimum Gasteiger partial charge on any atom is -0.229 e. The van der Waals surface area contributed by atoms with Crippen LogP contribution in [0.3, 0.4) is 0 Å². The standard InChI is InChI=1S/C8H16ClNO2S/c1-7(2)5-13(11,12)6-8(3,4)10(7)9/h5-6H2,1-4H3. The van der Waals surface area contributed by atoms with Crippen molar-refractivity contribution in [3.05, 3.63) is 0 Å². The summed E-state index contributed by atoms with van der Waals surface area (Å²) in [6.07, 6.45) is 0. The van der Waals surface area contributed by atoms with Gasteiger partial charge >= 0.3 is 0 Å². The molecule has 5 heteroatoms. The van der Waals surface area contributed by atoms with Crippen LogP contribution in [0.5, 0.6) is 0 Å². The van der Waals surface area contributed by atoms with E-state index in [-0.39, 0.29) is 11.5 Å². The van der Waals surface area contributed by atoms with Crippen molar-refractivity contribution in [2.24, 2.45) is 0 Å². The molecular weight excluding hydrogens is 210 g/mol. The lowest BCUT2D eigenvalue weighted by Gasteiger charge is -2.47. The van der Waals surface area contributed by atoms with Crippen LogP contribution in [0, 0.1) is 0 Å². The van der Waals surface area contributed by atoms with Gasteiger partial charge < -0.3 is 0 Å². The van der Waals surface area contributed by atoms with E-state index in [0.29, 0.717) is 0 Å². The Bertz CT molecular complexity index is 284. The molecule has 1 saturated heterocycles. The van der Waals surface area contributed by atoms with Crippen LogP contribution in [-0.2, 0) is 9.84 Å². The minimum absolute atomic E-state index is 0.132. The van der Waals surface area contributed by atoms with Crippen molar-refractivity contribution in [1.82, 2.24) is 4.42 Å². The largest absolute Gasteiger partial charge is 0.229 e. The predicted octanol–water partition coefficient (Wildman–Crippen LogP) is 1.43. The first-order valence-corrected chi connectivity index (χ1v) is 6.39.